The van der Waals surface area contributed by atoms with Crippen molar-refractivity contribution in [1.29, 1.82) is 0 Å². The number of anilines is 1. The summed E-state index contributed by atoms with van der Waals surface area (Å²) in [7, 11) is -1.80. The molecule has 19 heavy (non-hydrogen) atoms. The van der Waals surface area contributed by atoms with Gasteiger partial charge in [-0.1, -0.05) is 13.3 Å². The van der Waals surface area contributed by atoms with Gasteiger partial charge in [-0.25, -0.2) is 13.1 Å². The summed E-state index contributed by atoms with van der Waals surface area (Å²) in [6, 6.07) is 1.66. The van der Waals surface area contributed by atoms with Crippen molar-refractivity contribution < 1.29 is 8.42 Å². The van der Waals surface area contributed by atoms with E-state index in [1.54, 1.807) is 19.3 Å². The molecule has 0 radical (unpaired) electrons. The van der Waals surface area contributed by atoms with Crippen molar-refractivity contribution in [3.8, 4) is 0 Å². The number of hydrogen-bond acceptors (Lipinski definition) is 4. The van der Waals surface area contributed by atoms with E-state index in [1.807, 2.05) is 0 Å². The summed E-state index contributed by atoms with van der Waals surface area (Å²) in [6.45, 7) is 2.64. The molecule has 1 heterocycles. The van der Waals surface area contributed by atoms with Crippen molar-refractivity contribution in [2.24, 2.45) is 5.41 Å². The topological polar surface area (TPSA) is 71.1 Å². The van der Waals surface area contributed by atoms with Crippen LogP contribution in [0.5, 0.6) is 0 Å². The lowest BCUT2D eigenvalue weighted by Gasteiger charge is -2.41. The van der Waals surface area contributed by atoms with Crippen molar-refractivity contribution >= 4 is 15.7 Å². The van der Waals surface area contributed by atoms with E-state index in [0.29, 0.717) is 12.2 Å². The Morgan fingerprint density at radius 1 is 1.42 bits per heavy atom. The third-order valence-corrected chi connectivity index (χ3v) is 5.57. The summed E-state index contributed by atoms with van der Waals surface area (Å²) < 4.78 is 27.4. The molecule has 1 aliphatic rings. The van der Waals surface area contributed by atoms with Crippen molar-refractivity contribution in [1.82, 2.24) is 9.71 Å². The number of hydrogen-bond donors (Lipinski definition) is 2. The van der Waals surface area contributed by atoms with Gasteiger partial charge >= 0.3 is 0 Å². The normalized spacial score (nSPS) is 17.8. The number of pyridine rings is 1. The predicted molar refractivity (Wildman–Crippen MR) is 75.5 cm³/mol. The maximum atomic E-state index is 12.3. The Kier molecular flexibility index (Phi) is 4.10. The smallest absolute Gasteiger partial charge is 0.244 e. The zero-order chi connectivity index (χ0) is 13.9. The summed E-state index contributed by atoms with van der Waals surface area (Å²) >= 11 is 0. The first-order valence-electron chi connectivity index (χ1n) is 6.64. The lowest BCUT2D eigenvalue weighted by atomic mass is 9.67. The molecule has 5 nitrogen and oxygen atoms in total. The van der Waals surface area contributed by atoms with Gasteiger partial charge in [-0.3, -0.25) is 4.98 Å². The zero-order valence-electron chi connectivity index (χ0n) is 11.4. The van der Waals surface area contributed by atoms with Crippen molar-refractivity contribution in [3.63, 3.8) is 0 Å². The minimum absolute atomic E-state index is 0.162. The highest BCUT2D eigenvalue weighted by Gasteiger charge is 2.36. The van der Waals surface area contributed by atoms with Crippen LogP contribution in [0.4, 0.5) is 5.69 Å². The van der Waals surface area contributed by atoms with Crippen LogP contribution in [0.1, 0.15) is 32.6 Å². The number of nitrogens with one attached hydrogen (secondary N) is 2. The third kappa shape index (κ3) is 2.90. The van der Waals surface area contributed by atoms with E-state index in [9.17, 15) is 8.42 Å². The molecule has 0 aromatic carbocycles. The molecule has 2 rings (SSSR count). The molecule has 0 saturated heterocycles. The standard InChI is InChI=1S/C13H21N3O2S/c1-3-13(6-4-7-13)10-16-19(17,18)12-9-15-8-5-11(12)14-2/h5,8-9,16H,3-4,6-7,10H2,1-2H3,(H,14,15). The van der Waals surface area contributed by atoms with Gasteiger partial charge in [0.25, 0.3) is 0 Å². The molecule has 0 atom stereocenters. The Morgan fingerprint density at radius 2 is 2.16 bits per heavy atom. The minimum Gasteiger partial charge on any atom is -0.387 e. The fraction of sp³-hybridized carbons (Fsp3) is 0.615. The Labute approximate surface area is 114 Å². The summed E-state index contributed by atoms with van der Waals surface area (Å²) in [4.78, 5) is 4.11. The number of sulfonamides is 1. The van der Waals surface area contributed by atoms with Crippen LogP contribution in [0.2, 0.25) is 0 Å². The number of nitrogens with zero attached hydrogens (tertiary/aromatic N) is 1. The fourth-order valence-electron chi connectivity index (χ4n) is 2.46. The molecule has 0 unspecified atom stereocenters. The molecule has 0 bridgehead atoms. The second-order valence-corrected chi connectivity index (χ2v) is 6.89. The van der Waals surface area contributed by atoms with E-state index < -0.39 is 10.0 Å². The van der Waals surface area contributed by atoms with Gasteiger partial charge in [0.2, 0.25) is 10.0 Å². The molecule has 1 aromatic heterocycles. The van der Waals surface area contributed by atoms with Crippen molar-refractivity contribution in [3.05, 3.63) is 18.5 Å². The molecule has 0 spiro atoms. The third-order valence-electron chi connectivity index (χ3n) is 4.14. The lowest BCUT2D eigenvalue weighted by Crippen LogP contribution is -2.41. The maximum absolute atomic E-state index is 12.3. The zero-order valence-corrected chi connectivity index (χ0v) is 12.3. The predicted octanol–water partition coefficient (Wildman–Crippen LogP) is 1.98. The minimum atomic E-state index is -3.50. The van der Waals surface area contributed by atoms with Gasteiger partial charge in [0.15, 0.2) is 0 Å². The Balaban J connectivity index is 2.14. The van der Waals surface area contributed by atoms with Gasteiger partial charge in [-0.05, 0) is 30.7 Å². The highest BCUT2D eigenvalue weighted by atomic mass is 32.2. The molecule has 106 valence electrons. The van der Waals surface area contributed by atoms with Crippen LogP contribution < -0.4 is 10.0 Å². The average molecular weight is 283 g/mol. The molecule has 1 fully saturated rings. The van der Waals surface area contributed by atoms with Crippen molar-refractivity contribution in [2.75, 3.05) is 18.9 Å². The molecule has 0 amide bonds. The van der Waals surface area contributed by atoms with E-state index in [4.69, 9.17) is 0 Å². The molecule has 1 aromatic rings. The average Bonchev–Trinajstić information content (AvgIpc) is 2.38. The molecular formula is C13H21N3O2S. The first kappa shape index (κ1) is 14.3. The van der Waals surface area contributed by atoms with Gasteiger partial charge in [0.05, 0.1) is 5.69 Å². The summed E-state index contributed by atoms with van der Waals surface area (Å²) in [5.41, 5.74) is 0.733. The number of aromatic nitrogens is 1. The van der Waals surface area contributed by atoms with Crippen molar-refractivity contribution in [2.45, 2.75) is 37.5 Å². The van der Waals surface area contributed by atoms with E-state index in [2.05, 4.69) is 21.9 Å². The Hall–Kier alpha value is -1.14. The van der Waals surface area contributed by atoms with Gasteiger partial charge in [-0.2, -0.15) is 0 Å². The molecule has 2 N–H and O–H groups in total. The Bertz CT molecular complexity index is 533. The van der Waals surface area contributed by atoms with Gasteiger partial charge < -0.3 is 5.32 Å². The van der Waals surface area contributed by atoms with E-state index in [1.165, 1.54) is 12.6 Å². The monoisotopic (exact) mass is 283 g/mol. The van der Waals surface area contributed by atoms with Crippen LogP contribution in [-0.4, -0.2) is 27.0 Å². The van der Waals surface area contributed by atoms with Gasteiger partial charge in [-0.15, -0.1) is 0 Å². The van der Waals surface area contributed by atoms with E-state index >= 15 is 0 Å². The maximum Gasteiger partial charge on any atom is 0.244 e. The first-order chi connectivity index (χ1) is 9.03. The molecule has 6 heteroatoms. The molecule has 0 aliphatic heterocycles. The van der Waals surface area contributed by atoms with Crippen LogP contribution >= 0.6 is 0 Å². The van der Waals surface area contributed by atoms with E-state index in [-0.39, 0.29) is 10.3 Å². The molecular weight excluding hydrogens is 262 g/mol. The van der Waals surface area contributed by atoms with Crippen LogP contribution in [0, 0.1) is 5.41 Å². The molecule has 1 aliphatic carbocycles. The largest absolute Gasteiger partial charge is 0.387 e. The summed E-state index contributed by atoms with van der Waals surface area (Å²) in [6.07, 6.45) is 7.39. The van der Waals surface area contributed by atoms with E-state index in [0.717, 1.165) is 19.3 Å². The van der Waals surface area contributed by atoms with Crippen LogP contribution in [-0.2, 0) is 10.0 Å². The highest BCUT2D eigenvalue weighted by Crippen LogP contribution is 2.43. The molecule has 1 saturated carbocycles. The summed E-state index contributed by atoms with van der Waals surface area (Å²) in [5, 5.41) is 2.88. The number of rotatable bonds is 6. The lowest BCUT2D eigenvalue weighted by molar-refractivity contribution is 0.133. The highest BCUT2D eigenvalue weighted by molar-refractivity contribution is 7.89. The van der Waals surface area contributed by atoms with Crippen LogP contribution in [0.3, 0.4) is 0 Å². The quantitative estimate of drug-likeness (QED) is 0.837. The summed E-state index contributed by atoms with van der Waals surface area (Å²) in [5.74, 6) is 0. The first-order valence-corrected chi connectivity index (χ1v) is 8.13. The van der Waals surface area contributed by atoms with Gasteiger partial charge in [0, 0.05) is 26.0 Å². The second kappa shape index (κ2) is 5.46. The second-order valence-electron chi connectivity index (χ2n) is 5.15. The Morgan fingerprint density at radius 3 is 2.68 bits per heavy atom. The fourth-order valence-corrected chi connectivity index (χ4v) is 3.77. The van der Waals surface area contributed by atoms with Crippen LogP contribution in [0.25, 0.3) is 0 Å². The van der Waals surface area contributed by atoms with Gasteiger partial charge in [0.1, 0.15) is 4.90 Å². The SMILES string of the molecule is CCC1(CNS(=O)(=O)c2cnccc2NC)CCC1. The van der Waals surface area contributed by atoms with Crippen LogP contribution in [0.15, 0.2) is 23.4 Å².